The molecule has 0 unspecified atom stereocenters. The highest BCUT2D eigenvalue weighted by molar-refractivity contribution is 7.99. The Bertz CT molecular complexity index is 1170. The van der Waals surface area contributed by atoms with Crippen LogP contribution in [-0.4, -0.2) is 87.2 Å². The number of piperidine rings is 1. The van der Waals surface area contributed by atoms with Crippen LogP contribution >= 0.6 is 11.8 Å². The van der Waals surface area contributed by atoms with Crippen molar-refractivity contribution in [1.29, 1.82) is 5.26 Å². The van der Waals surface area contributed by atoms with Crippen molar-refractivity contribution in [2.24, 2.45) is 0 Å². The summed E-state index contributed by atoms with van der Waals surface area (Å²) in [4.78, 5) is 37.0. The predicted molar refractivity (Wildman–Crippen MR) is 136 cm³/mol. The molecule has 192 valence electrons. The summed E-state index contributed by atoms with van der Waals surface area (Å²) in [5.74, 6) is 2.60. The number of rotatable bonds is 3. The van der Waals surface area contributed by atoms with Gasteiger partial charge in [0.1, 0.15) is 17.2 Å². The Hall–Kier alpha value is -2.77. The van der Waals surface area contributed by atoms with E-state index in [1.807, 2.05) is 25.7 Å². The maximum Gasteiger partial charge on any atom is 0.411 e. The van der Waals surface area contributed by atoms with E-state index < -0.39 is 17.7 Å². The van der Waals surface area contributed by atoms with Crippen molar-refractivity contribution in [3.63, 3.8) is 0 Å². The molecule has 5 rings (SSSR count). The Morgan fingerprint density at radius 2 is 2.00 bits per heavy atom. The van der Waals surface area contributed by atoms with Crippen LogP contribution in [0.1, 0.15) is 57.4 Å². The van der Waals surface area contributed by atoms with Crippen molar-refractivity contribution in [3.8, 4) is 6.07 Å². The van der Waals surface area contributed by atoms with E-state index in [0.29, 0.717) is 30.0 Å². The zero-order valence-electron chi connectivity index (χ0n) is 21.1. The summed E-state index contributed by atoms with van der Waals surface area (Å²) >= 11 is 1.75. The van der Waals surface area contributed by atoms with Crippen LogP contribution < -0.4 is 0 Å². The lowest BCUT2D eigenvalue weighted by molar-refractivity contribution is -0.134. The quantitative estimate of drug-likeness (QED) is 0.613. The summed E-state index contributed by atoms with van der Waals surface area (Å²) in [6.45, 7) is 8.48. The Kier molecular flexibility index (Phi) is 6.88. The molecule has 0 spiro atoms. The number of oxazole rings is 1. The summed E-state index contributed by atoms with van der Waals surface area (Å²) in [7, 11) is 0. The van der Waals surface area contributed by atoms with Crippen LogP contribution in [0.4, 0.5) is 4.79 Å². The van der Waals surface area contributed by atoms with Crippen LogP contribution in [0.2, 0.25) is 0 Å². The average Bonchev–Trinajstić information content (AvgIpc) is 3.61. The topological polar surface area (TPSA) is 103 Å². The number of benzene rings is 1. The molecular formula is C26H33N5O4S. The number of carbonyl (C=O) groups is 2. The molecule has 3 aliphatic heterocycles. The summed E-state index contributed by atoms with van der Waals surface area (Å²) in [5, 5.41) is 9.14. The van der Waals surface area contributed by atoms with Gasteiger partial charge in [0.05, 0.1) is 17.5 Å². The smallest absolute Gasteiger partial charge is 0.411 e. The second-order valence-electron chi connectivity index (χ2n) is 10.8. The molecule has 1 aromatic heterocycles. The van der Waals surface area contributed by atoms with E-state index >= 15 is 0 Å². The van der Waals surface area contributed by atoms with Crippen molar-refractivity contribution < 1.29 is 18.7 Å². The van der Waals surface area contributed by atoms with Crippen molar-refractivity contribution in [2.45, 2.75) is 63.6 Å². The van der Waals surface area contributed by atoms with Gasteiger partial charge in [-0.15, -0.1) is 11.8 Å². The van der Waals surface area contributed by atoms with Gasteiger partial charge in [-0.25, -0.2) is 9.78 Å². The second kappa shape index (κ2) is 9.94. The molecule has 0 bridgehead atoms. The van der Waals surface area contributed by atoms with Gasteiger partial charge < -0.3 is 14.1 Å². The fraction of sp³-hybridized carbons (Fsp3) is 0.615. The number of fused-ring (bicyclic) bond motifs is 1. The zero-order chi connectivity index (χ0) is 25.4. The van der Waals surface area contributed by atoms with Crippen molar-refractivity contribution in [3.05, 3.63) is 29.7 Å². The predicted octanol–water partition coefficient (Wildman–Crippen LogP) is 3.79. The normalized spacial score (nSPS) is 23.8. The number of hydrogen-bond donors (Lipinski definition) is 0. The average molecular weight is 512 g/mol. The van der Waals surface area contributed by atoms with Gasteiger partial charge >= 0.3 is 6.09 Å². The number of likely N-dealkylation sites (tertiary alicyclic amines) is 2. The first-order valence-electron chi connectivity index (χ1n) is 12.6. The number of hydrogen-bond acceptors (Lipinski definition) is 8. The van der Waals surface area contributed by atoms with E-state index in [2.05, 4.69) is 16.0 Å². The van der Waals surface area contributed by atoms with Crippen LogP contribution in [0.15, 0.2) is 22.6 Å². The van der Waals surface area contributed by atoms with Gasteiger partial charge in [0.2, 0.25) is 5.91 Å². The van der Waals surface area contributed by atoms with Crippen LogP contribution in [-0.2, 0) is 9.53 Å². The third kappa shape index (κ3) is 5.18. The molecule has 4 heterocycles. The highest BCUT2D eigenvalue weighted by Crippen LogP contribution is 2.34. The number of carbonyl (C=O) groups excluding carboxylic acids is 2. The molecule has 2 aromatic rings. The molecule has 36 heavy (non-hydrogen) atoms. The summed E-state index contributed by atoms with van der Waals surface area (Å²) < 4.78 is 11.7. The highest BCUT2D eigenvalue weighted by atomic mass is 32.2. The van der Waals surface area contributed by atoms with E-state index in [0.717, 1.165) is 49.6 Å². The Morgan fingerprint density at radius 3 is 2.67 bits per heavy atom. The molecule has 9 nitrogen and oxygen atoms in total. The van der Waals surface area contributed by atoms with Crippen LogP contribution in [0, 0.1) is 11.3 Å². The molecule has 0 saturated carbocycles. The number of nitriles is 1. The standard InChI is InChI=1S/C26H33N5O4S/c1-26(2,3)35-25(33)31-15-19(13-21(31)24(32)30-10-11-36-16-30)29-8-6-18(7-9-29)23-28-20-12-17(14-27)4-5-22(20)34-23/h4-5,12,18-19,21H,6-11,13,15-16H2,1-3H3/t19-,21-/m0/s1. The monoisotopic (exact) mass is 511 g/mol. The van der Waals surface area contributed by atoms with Gasteiger partial charge in [-0.3, -0.25) is 14.6 Å². The molecule has 3 saturated heterocycles. The number of aromatic nitrogens is 1. The van der Waals surface area contributed by atoms with Crippen molar-refractivity contribution in [2.75, 3.05) is 37.8 Å². The van der Waals surface area contributed by atoms with Crippen LogP contribution in [0.3, 0.4) is 0 Å². The largest absolute Gasteiger partial charge is 0.444 e. The molecule has 2 atom stereocenters. The van der Waals surface area contributed by atoms with Gasteiger partial charge in [0, 0.05) is 30.8 Å². The minimum atomic E-state index is -0.613. The summed E-state index contributed by atoms with van der Waals surface area (Å²) in [5.41, 5.74) is 1.39. The number of ether oxygens (including phenoxy) is 1. The lowest BCUT2D eigenvalue weighted by Gasteiger charge is -2.35. The lowest BCUT2D eigenvalue weighted by Crippen LogP contribution is -2.48. The van der Waals surface area contributed by atoms with E-state index in [1.54, 1.807) is 34.9 Å². The zero-order valence-corrected chi connectivity index (χ0v) is 21.9. The number of thioether (sulfide) groups is 1. The van der Waals surface area contributed by atoms with Crippen molar-refractivity contribution >= 4 is 34.9 Å². The lowest BCUT2D eigenvalue weighted by atomic mass is 9.95. The van der Waals surface area contributed by atoms with Crippen molar-refractivity contribution in [1.82, 2.24) is 19.7 Å². The van der Waals surface area contributed by atoms with E-state index in [4.69, 9.17) is 14.4 Å². The van der Waals surface area contributed by atoms with E-state index in [-0.39, 0.29) is 17.9 Å². The molecule has 2 amide bonds. The molecule has 0 radical (unpaired) electrons. The highest BCUT2D eigenvalue weighted by Gasteiger charge is 2.45. The second-order valence-corrected chi connectivity index (χ2v) is 11.9. The summed E-state index contributed by atoms with van der Waals surface area (Å²) in [6, 6.07) is 7.09. The van der Waals surface area contributed by atoms with E-state index in [1.165, 1.54) is 0 Å². The first-order valence-corrected chi connectivity index (χ1v) is 13.8. The van der Waals surface area contributed by atoms with Gasteiger partial charge in [0.15, 0.2) is 11.5 Å². The molecular weight excluding hydrogens is 478 g/mol. The molecule has 3 fully saturated rings. The number of amides is 2. The first-order chi connectivity index (χ1) is 17.2. The molecule has 0 N–H and O–H groups in total. The minimum absolute atomic E-state index is 0.0338. The van der Waals surface area contributed by atoms with Gasteiger partial charge in [-0.1, -0.05) is 0 Å². The fourth-order valence-electron chi connectivity index (χ4n) is 5.33. The van der Waals surface area contributed by atoms with Crippen LogP contribution in [0.5, 0.6) is 0 Å². The van der Waals surface area contributed by atoms with Gasteiger partial charge in [0.25, 0.3) is 0 Å². The maximum atomic E-state index is 13.3. The van der Waals surface area contributed by atoms with E-state index in [9.17, 15) is 9.59 Å². The minimum Gasteiger partial charge on any atom is -0.444 e. The fourth-order valence-corrected chi connectivity index (χ4v) is 6.29. The Morgan fingerprint density at radius 1 is 1.22 bits per heavy atom. The molecule has 0 aliphatic carbocycles. The number of nitrogens with zero attached hydrogens (tertiary/aromatic N) is 5. The third-order valence-electron chi connectivity index (χ3n) is 7.18. The third-order valence-corrected chi connectivity index (χ3v) is 8.15. The molecule has 1 aromatic carbocycles. The van der Waals surface area contributed by atoms with Crippen LogP contribution in [0.25, 0.3) is 11.1 Å². The summed E-state index contributed by atoms with van der Waals surface area (Å²) in [6.07, 6.45) is 2.00. The SMILES string of the molecule is CC(C)(C)OC(=O)N1C[C@@H](N2CCC(c3nc4cc(C#N)ccc4o3)CC2)C[C@H]1C(=O)N1CCSC1. The molecule has 3 aliphatic rings. The Balaban J connectivity index is 1.26. The maximum absolute atomic E-state index is 13.3. The first kappa shape index (κ1) is 24.9. The Labute approximate surface area is 215 Å². The van der Waals surface area contributed by atoms with Gasteiger partial charge in [-0.2, -0.15) is 5.26 Å². The van der Waals surface area contributed by atoms with Gasteiger partial charge in [-0.05, 0) is 71.3 Å². The molecule has 10 heteroatoms.